The smallest absolute Gasteiger partial charge is 0.338 e. The Balaban J connectivity index is 0.883. The van der Waals surface area contributed by atoms with Gasteiger partial charge in [-0.05, 0) is 130 Å². The molecule has 2 aromatic heterocycles. The first-order chi connectivity index (χ1) is 42.6. The number of fused-ring (bicyclic) bond motifs is 7. The highest BCUT2D eigenvalue weighted by molar-refractivity contribution is 7.00. The van der Waals surface area contributed by atoms with Crippen molar-refractivity contribution in [1.82, 2.24) is 14.5 Å². The number of benzene rings is 12. The Morgan fingerprint density at radius 2 is 0.884 bits per heavy atom. The van der Waals surface area contributed by atoms with Crippen LogP contribution in [0.5, 0.6) is 0 Å². The molecule has 0 bridgehead atoms. The van der Waals surface area contributed by atoms with Crippen LogP contribution in [0.25, 0.3) is 83.6 Å². The first-order valence-corrected chi connectivity index (χ1v) is 29.1. The van der Waals surface area contributed by atoms with Crippen LogP contribution >= 0.6 is 0 Å². The van der Waals surface area contributed by atoms with E-state index < -0.39 is 0 Å². The van der Waals surface area contributed by atoms with Gasteiger partial charge in [-0.2, -0.15) is 0 Å². The largest absolute Gasteiger partial charge is 0.457 e. The summed E-state index contributed by atoms with van der Waals surface area (Å²) in [6.45, 7) is 0.202. The summed E-state index contributed by atoms with van der Waals surface area (Å²) >= 11 is 0. The quantitative estimate of drug-likeness (QED) is 0.0950. The van der Waals surface area contributed by atoms with Gasteiger partial charge in [-0.15, -0.1) is 0 Å². The Labute approximate surface area is 499 Å². The Morgan fingerprint density at radius 3 is 1.52 bits per heavy atom. The lowest BCUT2D eigenvalue weighted by atomic mass is 9.33. The Morgan fingerprint density at radius 1 is 0.372 bits per heavy atom. The molecule has 2 aliphatic heterocycles. The van der Waals surface area contributed by atoms with Crippen LogP contribution in [0.1, 0.15) is 15.9 Å². The van der Waals surface area contributed by atoms with Crippen LogP contribution < -0.4 is 26.2 Å². The molecule has 12 aromatic carbocycles. The molecule has 8 heteroatoms. The molecule has 404 valence electrons. The summed E-state index contributed by atoms with van der Waals surface area (Å²) in [4.78, 5) is 29.2. The van der Waals surface area contributed by atoms with Crippen LogP contribution in [0, 0.1) is 0 Å². The predicted molar refractivity (Wildman–Crippen MR) is 353 cm³/mol. The highest BCUT2D eigenvalue weighted by Crippen LogP contribution is 2.47. The summed E-state index contributed by atoms with van der Waals surface area (Å²) in [6, 6.07) is 107. The SMILES string of the molecule is O=C(OCc1ccccc1)c1ccc2c(c1)c1ccccc1n2-c1ccc(-c2cc(-c3ccccc3)nc(-c3ccccc3)n2)cc1-c1ccc(-c2cc3c4c(c2)N(c2ccccc2)c2ccccc2B4c2ccccc2N3c2ccccc2)cc1. The van der Waals surface area contributed by atoms with E-state index in [0.29, 0.717) is 11.4 Å². The molecule has 0 N–H and O–H groups in total. The van der Waals surface area contributed by atoms with E-state index in [1.165, 1.54) is 27.8 Å². The molecule has 7 nitrogen and oxygen atoms in total. The molecule has 0 fully saturated rings. The third kappa shape index (κ3) is 8.74. The molecule has 14 aromatic rings. The molecule has 16 rings (SSSR count). The van der Waals surface area contributed by atoms with Crippen LogP contribution in [0.15, 0.2) is 303 Å². The number of hydrogen-bond acceptors (Lipinski definition) is 6. The van der Waals surface area contributed by atoms with Crippen molar-refractivity contribution in [2.45, 2.75) is 6.61 Å². The zero-order valence-corrected chi connectivity index (χ0v) is 46.7. The van der Waals surface area contributed by atoms with Crippen molar-refractivity contribution in [2.24, 2.45) is 0 Å². The van der Waals surface area contributed by atoms with E-state index in [0.717, 1.165) is 106 Å². The van der Waals surface area contributed by atoms with Crippen molar-refractivity contribution in [2.75, 3.05) is 9.80 Å². The Kier molecular flexibility index (Phi) is 12.4. The summed E-state index contributed by atoms with van der Waals surface area (Å²) in [5.41, 5.74) is 23.8. The van der Waals surface area contributed by atoms with Gasteiger partial charge < -0.3 is 19.1 Å². The van der Waals surface area contributed by atoms with E-state index >= 15 is 0 Å². The van der Waals surface area contributed by atoms with Crippen molar-refractivity contribution in [3.63, 3.8) is 0 Å². The van der Waals surface area contributed by atoms with Gasteiger partial charge in [0.1, 0.15) is 6.61 Å². The topological polar surface area (TPSA) is 63.5 Å². The minimum atomic E-state index is -0.370. The second kappa shape index (κ2) is 21.1. The molecule has 0 unspecified atom stereocenters. The van der Waals surface area contributed by atoms with Crippen LogP contribution in [-0.2, 0) is 11.3 Å². The molecule has 86 heavy (non-hydrogen) atoms. The highest BCUT2D eigenvalue weighted by atomic mass is 16.5. The summed E-state index contributed by atoms with van der Waals surface area (Å²) in [7, 11) is 0. The predicted octanol–water partition coefficient (Wildman–Crippen LogP) is 17.3. The van der Waals surface area contributed by atoms with Gasteiger partial charge in [-0.1, -0.05) is 212 Å². The van der Waals surface area contributed by atoms with E-state index in [-0.39, 0.29) is 19.3 Å². The third-order valence-electron chi connectivity index (χ3n) is 16.9. The van der Waals surface area contributed by atoms with Crippen LogP contribution in [0.3, 0.4) is 0 Å². The van der Waals surface area contributed by atoms with Gasteiger partial charge in [0.2, 0.25) is 0 Å². The van der Waals surface area contributed by atoms with Gasteiger partial charge in [0, 0.05) is 67.2 Å². The zero-order chi connectivity index (χ0) is 57.1. The minimum Gasteiger partial charge on any atom is -0.457 e. The average molecular weight is 1100 g/mol. The molecule has 0 saturated heterocycles. The fraction of sp³-hybridized carbons (Fsp3) is 0.0128. The molecule has 2 aliphatic rings. The highest BCUT2D eigenvalue weighted by Gasteiger charge is 2.43. The second-order valence-corrected chi connectivity index (χ2v) is 22.0. The molecule has 0 atom stereocenters. The maximum Gasteiger partial charge on any atom is 0.338 e. The van der Waals surface area contributed by atoms with Gasteiger partial charge in [0.15, 0.2) is 5.82 Å². The first-order valence-electron chi connectivity index (χ1n) is 29.1. The molecule has 0 saturated carbocycles. The van der Waals surface area contributed by atoms with Gasteiger partial charge in [-0.3, -0.25) is 0 Å². The standard InChI is InChI=1S/C78H52BN5O2/c85-78(86-51-52-22-6-1-7-23-52)58-43-45-71-64(47-58)62-32-16-19-35-69(62)84(71)70-44-42-57(68-50-67(55-24-8-2-9-25-55)80-77(81-68)56-26-10-3-11-27-56)46-63(70)54-40-38-53(39-41-54)59-48-74-76-75(49-59)83(61-30-14-5-15-31-61)73-37-21-18-34-66(73)79(76)65-33-17-20-36-72(65)82(74)60-28-12-4-13-29-60/h1-50H,51H2. The number of nitrogens with zero attached hydrogens (tertiary/aromatic N) is 5. The van der Waals surface area contributed by atoms with Gasteiger partial charge in [0.05, 0.1) is 33.7 Å². The van der Waals surface area contributed by atoms with E-state index in [4.69, 9.17) is 14.7 Å². The number of carbonyl (C=O) groups is 1. The molecule has 0 aliphatic carbocycles. The molecule has 0 amide bonds. The number of aromatic nitrogens is 3. The van der Waals surface area contributed by atoms with Crippen molar-refractivity contribution in [1.29, 1.82) is 0 Å². The van der Waals surface area contributed by atoms with Crippen LogP contribution in [0.4, 0.5) is 34.1 Å². The number of anilines is 6. The molecular weight excluding hydrogens is 1050 g/mol. The Hall–Kier alpha value is -11.3. The van der Waals surface area contributed by atoms with Crippen molar-refractivity contribution >= 4 is 85.0 Å². The van der Waals surface area contributed by atoms with Crippen LogP contribution in [-0.4, -0.2) is 27.2 Å². The van der Waals surface area contributed by atoms with Crippen molar-refractivity contribution in [3.8, 4) is 61.8 Å². The van der Waals surface area contributed by atoms with E-state index in [1.54, 1.807) is 0 Å². The number of ether oxygens (including phenoxy) is 1. The molecular formula is C78H52BN5O2. The molecule has 0 radical (unpaired) electrons. The number of hydrogen-bond donors (Lipinski definition) is 0. The van der Waals surface area contributed by atoms with Gasteiger partial charge >= 0.3 is 5.97 Å². The fourth-order valence-electron chi connectivity index (χ4n) is 13.0. The lowest BCUT2D eigenvalue weighted by Crippen LogP contribution is -2.61. The normalized spacial score (nSPS) is 12.2. The number of carbonyl (C=O) groups excluding carboxylic acids is 1. The van der Waals surface area contributed by atoms with Crippen LogP contribution in [0.2, 0.25) is 0 Å². The first kappa shape index (κ1) is 50.4. The number of esters is 1. The van der Waals surface area contributed by atoms with E-state index in [2.05, 4.69) is 239 Å². The van der Waals surface area contributed by atoms with E-state index in [9.17, 15) is 4.79 Å². The molecule has 0 spiro atoms. The summed E-state index contributed by atoms with van der Waals surface area (Å²) in [5.74, 6) is 0.280. The maximum absolute atomic E-state index is 13.8. The number of rotatable bonds is 11. The summed E-state index contributed by atoms with van der Waals surface area (Å²) in [6.07, 6.45) is 0. The van der Waals surface area contributed by atoms with Crippen molar-refractivity contribution < 1.29 is 9.53 Å². The van der Waals surface area contributed by atoms with E-state index in [1.807, 2.05) is 78.9 Å². The Bertz CT molecular complexity index is 4730. The van der Waals surface area contributed by atoms with Gasteiger partial charge in [-0.25, -0.2) is 14.8 Å². The number of para-hydroxylation sites is 5. The third-order valence-corrected chi connectivity index (χ3v) is 16.9. The zero-order valence-electron chi connectivity index (χ0n) is 46.7. The summed E-state index contributed by atoms with van der Waals surface area (Å²) in [5, 5.41) is 1.98. The summed E-state index contributed by atoms with van der Waals surface area (Å²) < 4.78 is 8.21. The lowest BCUT2D eigenvalue weighted by Gasteiger charge is -2.44. The van der Waals surface area contributed by atoms with Gasteiger partial charge in [0.25, 0.3) is 6.71 Å². The average Bonchev–Trinajstić information content (AvgIpc) is 0.925. The minimum absolute atomic E-state index is 0.0118. The fourth-order valence-corrected chi connectivity index (χ4v) is 13.0. The second-order valence-electron chi connectivity index (χ2n) is 22.0. The van der Waals surface area contributed by atoms with Crippen molar-refractivity contribution in [3.05, 3.63) is 314 Å². The maximum atomic E-state index is 13.8. The monoisotopic (exact) mass is 1100 g/mol. The molecule has 4 heterocycles. The lowest BCUT2D eigenvalue weighted by molar-refractivity contribution is 0.0473.